The number of benzene rings is 4. The summed E-state index contributed by atoms with van der Waals surface area (Å²) in [6, 6.07) is 41.1. The smallest absolute Gasteiger partial charge is 0.427 e. The molecular weight excluding hydrogens is 709 g/mol. The van der Waals surface area contributed by atoms with Gasteiger partial charge in [-0.1, -0.05) is 83.9 Å². The van der Waals surface area contributed by atoms with Gasteiger partial charge in [0.1, 0.15) is 11.5 Å². The summed E-state index contributed by atoms with van der Waals surface area (Å²) in [5, 5.41) is 10.8. The highest BCUT2D eigenvalue weighted by molar-refractivity contribution is 7.53. The fourth-order valence-electron chi connectivity index (χ4n) is 5.61. The standard InChI is InChI=1S/C16H12N2O2.C15H13N3.C13H13O3P/c1-10-3-2-4-11(7-10)15-8-12(16(19)20)13-9-17-6-5-14(13)18-15;1-10-3-2-4-11(7-10)15-8-13(16)12-9-17-6-5-14(12)18-15;1-17(14,15-12-8-4-2-5-9-12)16-13-10-6-3-7-11-13/h2-9H,1H3,(H,19,20);2-9H,1H3,(H2,16,18);2-11H,1H3. The molecule has 4 aromatic carbocycles. The van der Waals surface area contributed by atoms with Crippen LogP contribution in [0.3, 0.4) is 0 Å². The minimum atomic E-state index is -3.14. The van der Waals surface area contributed by atoms with Crippen LogP contribution in [0.15, 0.2) is 158 Å². The number of fused-ring (bicyclic) bond motifs is 2. The molecule has 0 atom stereocenters. The fourth-order valence-corrected chi connectivity index (χ4v) is 6.66. The monoisotopic (exact) mass is 747 g/mol. The number of pyridine rings is 4. The number of para-hydroxylation sites is 2. The van der Waals surface area contributed by atoms with Crippen molar-refractivity contribution in [3.63, 3.8) is 0 Å². The zero-order valence-corrected chi connectivity index (χ0v) is 31.3. The molecular formula is C44H38N5O5P. The van der Waals surface area contributed by atoms with Gasteiger partial charge in [-0.2, -0.15) is 0 Å². The molecule has 55 heavy (non-hydrogen) atoms. The number of aromatic nitrogens is 4. The average Bonchev–Trinajstić information content (AvgIpc) is 3.18. The molecule has 8 aromatic rings. The SMILES string of the molecule is CP(=O)(Oc1ccccc1)Oc1ccccc1.Cc1cccc(-c2cc(C(=O)O)c3cnccc3n2)c1.Cc1cccc(-c2cc(N)c3cnccc3n2)c1. The predicted octanol–water partition coefficient (Wildman–Crippen LogP) is 10.5. The van der Waals surface area contributed by atoms with Gasteiger partial charge in [0.25, 0.3) is 0 Å². The van der Waals surface area contributed by atoms with Crippen LogP contribution in [0, 0.1) is 13.8 Å². The number of carboxylic acids is 1. The van der Waals surface area contributed by atoms with Crippen molar-refractivity contribution in [3.8, 4) is 34.0 Å². The van der Waals surface area contributed by atoms with E-state index in [2.05, 4.69) is 39.0 Å². The maximum atomic E-state index is 12.1. The zero-order chi connectivity index (χ0) is 38.8. The van der Waals surface area contributed by atoms with E-state index >= 15 is 0 Å². The summed E-state index contributed by atoms with van der Waals surface area (Å²) in [7, 11) is -3.14. The number of carbonyl (C=O) groups is 1. The van der Waals surface area contributed by atoms with Gasteiger partial charge in [0.05, 0.1) is 34.6 Å². The molecule has 3 N–H and O–H groups in total. The average molecular weight is 748 g/mol. The Balaban J connectivity index is 0.000000141. The summed E-state index contributed by atoms with van der Waals surface area (Å²) in [5.41, 5.74) is 14.4. The largest absolute Gasteiger partial charge is 0.478 e. The van der Waals surface area contributed by atoms with Crippen molar-refractivity contribution < 1.29 is 23.5 Å². The van der Waals surface area contributed by atoms with Gasteiger partial charge in [-0.3, -0.25) is 9.97 Å². The lowest BCUT2D eigenvalue weighted by atomic mass is 10.0. The summed E-state index contributed by atoms with van der Waals surface area (Å²) in [4.78, 5) is 28.6. The highest BCUT2D eigenvalue weighted by Crippen LogP contribution is 2.44. The second-order valence-corrected chi connectivity index (χ2v) is 14.5. The van der Waals surface area contributed by atoms with E-state index in [1.807, 2.05) is 91.9 Å². The predicted molar refractivity (Wildman–Crippen MR) is 218 cm³/mol. The van der Waals surface area contributed by atoms with Crippen LogP contribution in [-0.4, -0.2) is 37.7 Å². The van der Waals surface area contributed by atoms with Gasteiger partial charge in [-0.05, 0) is 74.5 Å². The van der Waals surface area contributed by atoms with Gasteiger partial charge in [0.2, 0.25) is 0 Å². The lowest BCUT2D eigenvalue weighted by molar-refractivity contribution is 0.0699. The van der Waals surface area contributed by atoms with E-state index in [-0.39, 0.29) is 5.56 Å². The molecule has 274 valence electrons. The van der Waals surface area contributed by atoms with Crippen LogP contribution >= 0.6 is 7.60 Å². The number of anilines is 1. The summed E-state index contributed by atoms with van der Waals surface area (Å²) in [5.74, 6) is 0.0998. The second kappa shape index (κ2) is 17.3. The van der Waals surface area contributed by atoms with Gasteiger partial charge >= 0.3 is 13.6 Å². The Bertz CT molecular complexity index is 2580. The first kappa shape index (κ1) is 37.8. The number of carboxylic acid groups (broad SMARTS) is 1. The molecule has 8 rings (SSSR count). The van der Waals surface area contributed by atoms with E-state index in [0.717, 1.165) is 33.3 Å². The van der Waals surface area contributed by atoms with Crippen molar-refractivity contribution in [2.45, 2.75) is 13.8 Å². The first-order valence-corrected chi connectivity index (χ1v) is 19.2. The first-order chi connectivity index (χ1) is 26.5. The van der Waals surface area contributed by atoms with Crippen LogP contribution < -0.4 is 14.8 Å². The molecule has 0 aliphatic heterocycles. The quantitative estimate of drug-likeness (QED) is 0.151. The van der Waals surface area contributed by atoms with Crippen LogP contribution in [0.1, 0.15) is 21.5 Å². The third kappa shape index (κ3) is 10.2. The molecule has 0 saturated heterocycles. The maximum Gasteiger partial charge on any atom is 0.427 e. The molecule has 0 fully saturated rings. The van der Waals surface area contributed by atoms with Gasteiger partial charge < -0.3 is 19.9 Å². The number of nitrogens with zero attached hydrogens (tertiary/aromatic N) is 4. The van der Waals surface area contributed by atoms with E-state index in [9.17, 15) is 14.5 Å². The van der Waals surface area contributed by atoms with E-state index < -0.39 is 13.6 Å². The number of aromatic carboxylic acids is 1. The second-order valence-electron chi connectivity index (χ2n) is 12.6. The number of hydrogen-bond acceptors (Lipinski definition) is 9. The van der Waals surface area contributed by atoms with Crippen molar-refractivity contribution in [1.82, 2.24) is 19.9 Å². The molecule has 0 radical (unpaired) electrons. The molecule has 0 amide bonds. The molecule has 11 heteroatoms. The minimum Gasteiger partial charge on any atom is -0.478 e. The van der Waals surface area contributed by atoms with Gasteiger partial charge in [-0.25, -0.2) is 19.3 Å². The maximum absolute atomic E-state index is 12.1. The summed E-state index contributed by atoms with van der Waals surface area (Å²) in [6.07, 6.45) is 6.62. The molecule has 0 bridgehead atoms. The number of hydrogen-bond donors (Lipinski definition) is 2. The molecule has 0 aliphatic carbocycles. The van der Waals surface area contributed by atoms with E-state index in [4.69, 9.17) is 14.8 Å². The Morgan fingerprint density at radius 1 is 0.618 bits per heavy atom. The van der Waals surface area contributed by atoms with Crippen LogP contribution in [0.5, 0.6) is 11.5 Å². The number of nitrogen functional groups attached to an aromatic ring is 1. The van der Waals surface area contributed by atoms with E-state index in [1.54, 1.807) is 55.0 Å². The van der Waals surface area contributed by atoms with Crippen molar-refractivity contribution in [2.24, 2.45) is 0 Å². The highest BCUT2D eigenvalue weighted by atomic mass is 31.2. The molecule has 0 spiro atoms. The molecule has 0 unspecified atom stereocenters. The number of rotatable bonds is 7. The Morgan fingerprint density at radius 2 is 1.09 bits per heavy atom. The molecule has 0 aliphatic rings. The van der Waals surface area contributed by atoms with Crippen molar-refractivity contribution in [2.75, 3.05) is 12.4 Å². The van der Waals surface area contributed by atoms with Crippen molar-refractivity contribution in [3.05, 3.63) is 175 Å². The van der Waals surface area contributed by atoms with Gasteiger partial charge in [0.15, 0.2) is 0 Å². The van der Waals surface area contributed by atoms with Crippen LogP contribution in [-0.2, 0) is 4.57 Å². The first-order valence-electron chi connectivity index (χ1n) is 17.2. The van der Waals surface area contributed by atoms with Crippen LogP contribution in [0.25, 0.3) is 44.3 Å². The number of nitrogens with two attached hydrogens (primary N) is 1. The fraction of sp³-hybridized carbons (Fsp3) is 0.0682. The van der Waals surface area contributed by atoms with E-state index in [1.165, 1.54) is 18.4 Å². The molecule has 4 heterocycles. The lowest BCUT2D eigenvalue weighted by Crippen LogP contribution is -2.00. The minimum absolute atomic E-state index is 0.222. The molecule has 0 saturated carbocycles. The molecule has 10 nitrogen and oxygen atoms in total. The van der Waals surface area contributed by atoms with Crippen LogP contribution in [0.2, 0.25) is 0 Å². The zero-order valence-electron chi connectivity index (χ0n) is 30.4. The van der Waals surface area contributed by atoms with Crippen LogP contribution in [0.4, 0.5) is 5.69 Å². The van der Waals surface area contributed by atoms with Gasteiger partial charge in [0, 0.05) is 52.4 Å². The van der Waals surface area contributed by atoms with Gasteiger partial charge in [-0.15, -0.1) is 0 Å². The Labute approximate surface area is 318 Å². The lowest BCUT2D eigenvalue weighted by Gasteiger charge is -2.15. The third-order valence-electron chi connectivity index (χ3n) is 8.14. The van der Waals surface area contributed by atoms with Crippen molar-refractivity contribution >= 4 is 41.1 Å². The Morgan fingerprint density at radius 3 is 1.58 bits per heavy atom. The normalized spacial score (nSPS) is 10.7. The molecule has 4 aromatic heterocycles. The third-order valence-corrected chi connectivity index (χ3v) is 9.22. The highest BCUT2D eigenvalue weighted by Gasteiger charge is 2.20. The summed E-state index contributed by atoms with van der Waals surface area (Å²) >= 11 is 0. The van der Waals surface area contributed by atoms with Crippen molar-refractivity contribution in [1.29, 1.82) is 0 Å². The summed E-state index contributed by atoms with van der Waals surface area (Å²) < 4.78 is 22.8. The van der Waals surface area contributed by atoms with E-state index in [0.29, 0.717) is 33.8 Å². The Kier molecular flexibility index (Phi) is 11.9. The topological polar surface area (TPSA) is 150 Å². The summed E-state index contributed by atoms with van der Waals surface area (Å²) in [6.45, 7) is 5.51. The Hall–Kier alpha value is -6.90. The number of aryl methyl sites for hydroxylation is 2.